The molecule has 19 heavy (non-hydrogen) atoms. The third-order valence-electron chi connectivity index (χ3n) is 3.54. The van der Waals surface area contributed by atoms with Gasteiger partial charge in [-0.05, 0) is 32.6 Å². The van der Waals surface area contributed by atoms with E-state index in [9.17, 15) is 0 Å². The monoisotopic (exact) mass is 265 g/mol. The summed E-state index contributed by atoms with van der Waals surface area (Å²) in [5.74, 6) is 1.85. The number of anilines is 1. The molecule has 0 aliphatic rings. The van der Waals surface area contributed by atoms with E-state index in [0.29, 0.717) is 6.04 Å². The molecule has 1 atom stereocenters. The Morgan fingerprint density at radius 3 is 2.58 bits per heavy atom. The van der Waals surface area contributed by atoms with Gasteiger partial charge >= 0.3 is 0 Å². The lowest BCUT2D eigenvalue weighted by molar-refractivity contribution is 0.449. The van der Waals surface area contributed by atoms with Crippen molar-refractivity contribution in [3.63, 3.8) is 0 Å². The fourth-order valence-corrected chi connectivity index (χ4v) is 2.32. The Kier molecular flexibility index (Phi) is 6.96. The molecule has 3 nitrogen and oxygen atoms in total. The molecule has 3 heteroatoms. The maximum Gasteiger partial charge on any atom is 0.203 e. The molecule has 0 aromatic carbocycles. The number of imidazole rings is 1. The van der Waals surface area contributed by atoms with Gasteiger partial charge in [0.25, 0.3) is 0 Å². The molecule has 0 bridgehead atoms. The van der Waals surface area contributed by atoms with E-state index in [2.05, 4.69) is 55.7 Å². The molecule has 1 heterocycles. The van der Waals surface area contributed by atoms with Crippen molar-refractivity contribution >= 4 is 5.95 Å². The van der Waals surface area contributed by atoms with Crippen LogP contribution in [0.2, 0.25) is 0 Å². The molecule has 110 valence electrons. The number of unbranched alkanes of at least 4 members (excludes halogenated alkanes) is 1. The molecular weight excluding hydrogens is 234 g/mol. The topological polar surface area (TPSA) is 29.9 Å². The number of hydrogen-bond donors (Lipinski definition) is 1. The molecule has 0 aliphatic carbocycles. The molecule has 0 spiro atoms. The van der Waals surface area contributed by atoms with Crippen LogP contribution in [0.15, 0.2) is 6.20 Å². The molecule has 1 N–H and O–H groups in total. The van der Waals surface area contributed by atoms with Gasteiger partial charge in [0.15, 0.2) is 0 Å². The lowest BCUT2D eigenvalue weighted by Crippen LogP contribution is -2.12. The summed E-state index contributed by atoms with van der Waals surface area (Å²) in [5, 5.41) is 3.47. The first-order valence-corrected chi connectivity index (χ1v) is 7.84. The van der Waals surface area contributed by atoms with E-state index in [0.717, 1.165) is 24.1 Å². The quantitative estimate of drug-likeness (QED) is 0.650. The van der Waals surface area contributed by atoms with Crippen LogP contribution in [0, 0.1) is 12.8 Å². The van der Waals surface area contributed by atoms with Gasteiger partial charge in [-0.25, -0.2) is 4.98 Å². The average molecular weight is 265 g/mol. The summed E-state index contributed by atoms with van der Waals surface area (Å²) in [4.78, 5) is 4.60. The number of rotatable bonds is 9. The van der Waals surface area contributed by atoms with Gasteiger partial charge in [0.05, 0.1) is 5.69 Å². The SMILES string of the molecule is CCCCNc1nc(C)cn1C(C)CCCC(C)C. The minimum absolute atomic E-state index is 0.532. The second-order valence-corrected chi connectivity index (χ2v) is 6.07. The van der Waals surface area contributed by atoms with E-state index in [1.165, 1.54) is 32.1 Å². The van der Waals surface area contributed by atoms with E-state index in [1.807, 2.05) is 0 Å². The Bertz CT molecular complexity index is 355. The highest BCUT2D eigenvalue weighted by Gasteiger charge is 2.11. The Hall–Kier alpha value is -0.990. The second kappa shape index (κ2) is 8.23. The zero-order valence-corrected chi connectivity index (χ0v) is 13.4. The number of aromatic nitrogens is 2. The van der Waals surface area contributed by atoms with Gasteiger partial charge in [0.1, 0.15) is 0 Å². The van der Waals surface area contributed by atoms with Gasteiger partial charge in [-0.1, -0.05) is 40.0 Å². The van der Waals surface area contributed by atoms with Crippen molar-refractivity contribution in [3.05, 3.63) is 11.9 Å². The molecule has 0 saturated heterocycles. The van der Waals surface area contributed by atoms with E-state index < -0.39 is 0 Å². The molecule has 0 aliphatic heterocycles. The highest BCUT2D eigenvalue weighted by Crippen LogP contribution is 2.22. The predicted octanol–water partition coefficient (Wildman–Crippen LogP) is 4.79. The van der Waals surface area contributed by atoms with Crippen LogP contribution in [0.25, 0.3) is 0 Å². The smallest absolute Gasteiger partial charge is 0.203 e. The van der Waals surface area contributed by atoms with Gasteiger partial charge in [0, 0.05) is 18.8 Å². The number of nitrogens with zero attached hydrogens (tertiary/aromatic N) is 2. The highest BCUT2D eigenvalue weighted by atomic mass is 15.2. The lowest BCUT2D eigenvalue weighted by atomic mass is 10.0. The average Bonchev–Trinajstić information content (AvgIpc) is 2.70. The van der Waals surface area contributed by atoms with Crippen molar-refractivity contribution in [2.24, 2.45) is 5.92 Å². The molecular formula is C16H31N3. The van der Waals surface area contributed by atoms with Gasteiger partial charge in [-0.3, -0.25) is 0 Å². The van der Waals surface area contributed by atoms with Crippen LogP contribution in [-0.4, -0.2) is 16.1 Å². The van der Waals surface area contributed by atoms with Gasteiger partial charge < -0.3 is 9.88 Å². The fraction of sp³-hybridized carbons (Fsp3) is 0.812. The maximum atomic E-state index is 4.60. The first-order chi connectivity index (χ1) is 9.04. The molecule has 1 rings (SSSR count). The van der Waals surface area contributed by atoms with Crippen LogP contribution in [0.4, 0.5) is 5.95 Å². The molecule has 1 unspecified atom stereocenters. The summed E-state index contributed by atoms with van der Waals surface area (Å²) in [6.07, 6.45) is 8.44. The van der Waals surface area contributed by atoms with Crippen LogP contribution in [-0.2, 0) is 0 Å². The lowest BCUT2D eigenvalue weighted by Gasteiger charge is -2.17. The minimum Gasteiger partial charge on any atom is -0.356 e. The van der Waals surface area contributed by atoms with Crippen molar-refractivity contribution in [3.8, 4) is 0 Å². The number of aryl methyl sites for hydroxylation is 1. The zero-order valence-electron chi connectivity index (χ0n) is 13.4. The number of nitrogens with one attached hydrogen (secondary N) is 1. The molecule has 0 saturated carbocycles. The minimum atomic E-state index is 0.532. The molecule has 1 aromatic rings. The summed E-state index contributed by atoms with van der Waals surface area (Å²) in [6.45, 7) is 12.2. The normalized spacial score (nSPS) is 12.9. The highest BCUT2D eigenvalue weighted by molar-refractivity contribution is 5.29. The van der Waals surface area contributed by atoms with E-state index in [-0.39, 0.29) is 0 Å². The van der Waals surface area contributed by atoms with Crippen molar-refractivity contribution in [2.45, 2.75) is 72.8 Å². The van der Waals surface area contributed by atoms with Crippen LogP contribution in [0.1, 0.15) is 71.5 Å². The zero-order chi connectivity index (χ0) is 14.3. The van der Waals surface area contributed by atoms with Crippen molar-refractivity contribution in [1.29, 1.82) is 0 Å². The van der Waals surface area contributed by atoms with E-state index in [4.69, 9.17) is 0 Å². The predicted molar refractivity (Wildman–Crippen MR) is 83.8 cm³/mol. The molecule has 0 amide bonds. The first kappa shape index (κ1) is 16.1. The summed E-state index contributed by atoms with van der Waals surface area (Å²) in [7, 11) is 0. The Morgan fingerprint density at radius 2 is 1.95 bits per heavy atom. The van der Waals surface area contributed by atoms with Crippen molar-refractivity contribution < 1.29 is 0 Å². The fourth-order valence-electron chi connectivity index (χ4n) is 2.32. The summed E-state index contributed by atoms with van der Waals surface area (Å²) in [6, 6.07) is 0.532. The van der Waals surface area contributed by atoms with Gasteiger partial charge in [-0.15, -0.1) is 0 Å². The van der Waals surface area contributed by atoms with Crippen molar-refractivity contribution in [1.82, 2.24) is 9.55 Å². The van der Waals surface area contributed by atoms with Gasteiger partial charge in [-0.2, -0.15) is 0 Å². The Balaban J connectivity index is 2.54. The van der Waals surface area contributed by atoms with Crippen molar-refractivity contribution in [2.75, 3.05) is 11.9 Å². The van der Waals surface area contributed by atoms with Crippen LogP contribution >= 0.6 is 0 Å². The Morgan fingerprint density at radius 1 is 1.21 bits per heavy atom. The third kappa shape index (κ3) is 5.66. The Labute approximate surface area is 118 Å². The standard InChI is InChI=1S/C16H31N3/c1-6-7-11-17-16-18-14(4)12-19(16)15(5)10-8-9-13(2)3/h12-13,15H,6-11H2,1-5H3,(H,17,18). The largest absolute Gasteiger partial charge is 0.356 e. The van der Waals surface area contributed by atoms with Crippen LogP contribution in [0.5, 0.6) is 0 Å². The molecule has 0 fully saturated rings. The molecule has 0 radical (unpaired) electrons. The van der Waals surface area contributed by atoms with E-state index >= 15 is 0 Å². The van der Waals surface area contributed by atoms with Crippen LogP contribution in [0.3, 0.4) is 0 Å². The maximum absolute atomic E-state index is 4.60. The summed E-state index contributed by atoms with van der Waals surface area (Å²) < 4.78 is 2.31. The third-order valence-corrected chi connectivity index (χ3v) is 3.54. The number of hydrogen-bond acceptors (Lipinski definition) is 2. The van der Waals surface area contributed by atoms with Gasteiger partial charge in [0.2, 0.25) is 5.95 Å². The summed E-state index contributed by atoms with van der Waals surface area (Å²) >= 11 is 0. The summed E-state index contributed by atoms with van der Waals surface area (Å²) in [5.41, 5.74) is 1.11. The van der Waals surface area contributed by atoms with E-state index in [1.54, 1.807) is 0 Å². The first-order valence-electron chi connectivity index (χ1n) is 7.84. The second-order valence-electron chi connectivity index (χ2n) is 6.07. The molecule has 1 aromatic heterocycles. The van der Waals surface area contributed by atoms with Crippen LogP contribution < -0.4 is 5.32 Å².